The first-order chi connectivity index (χ1) is 21.9. The second kappa shape index (κ2) is 13.0. The van der Waals surface area contributed by atoms with Crippen molar-refractivity contribution < 1.29 is 28.5 Å². The van der Waals surface area contributed by atoms with Crippen LogP contribution in [0.1, 0.15) is 52.6 Å². The summed E-state index contributed by atoms with van der Waals surface area (Å²) < 4.78 is 32.1. The van der Waals surface area contributed by atoms with Crippen LogP contribution in [0.15, 0.2) is 42.9 Å². The van der Waals surface area contributed by atoms with Gasteiger partial charge in [-0.15, -0.1) is 0 Å². The zero-order valence-corrected chi connectivity index (χ0v) is 28.1. The van der Waals surface area contributed by atoms with E-state index in [1.807, 2.05) is 46.8 Å². The molecule has 0 spiro atoms. The fourth-order valence-corrected chi connectivity index (χ4v) is 6.90. The molecule has 2 unspecified atom stereocenters. The number of fused-ring (bicyclic) bond motifs is 2. The van der Waals surface area contributed by atoms with Crippen LogP contribution in [0.2, 0.25) is 0 Å². The number of carbonyl (C=O) groups is 1. The molecule has 1 aliphatic carbocycles. The van der Waals surface area contributed by atoms with Crippen LogP contribution in [0, 0.1) is 5.92 Å². The Bertz CT molecular complexity index is 1500. The van der Waals surface area contributed by atoms with Crippen LogP contribution in [-0.2, 0) is 25.5 Å². The average Bonchev–Trinajstić information content (AvgIpc) is 3.67. The monoisotopic (exact) mass is 636 g/mol. The number of methoxy groups -OCH3 is 1. The maximum Gasteiger partial charge on any atom is 0.410 e. The Morgan fingerprint density at radius 2 is 1.87 bits per heavy atom. The zero-order chi connectivity index (χ0) is 32.6. The Kier molecular flexibility index (Phi) is 9.17. The fraction of sp³-hybridized carbons (Fsp3) is 0.618. The number of hydrogen-bond donors (Lipinski definition) is 1. The molecule has 2 aromatic heterocycles. The van der Waals surface area contributed by atoms with Crippen LogP contribution in [0.5, 0.6) is 5.75 Å². The predicted molar refractivity (Wildman–Crippen MR) is 174 cm³/mol. The van der Waals surface area contributed by atoms with Gasteiger partial charge in [-0.3, -0.25) is 0 Å². The summed E-state index contributed by atoms with van der Waals surface area (Å²) in [6, 6.07) is 10.3. The van der Waals surface area contributed by atoms with Gasteiger partial charge < -0.3 is 43.4 Å². The first kappa shape index (κ1) is 32.5. The number of hydrogen-bond acceptors (Lipinski definition) is 10. The molecule has 0 bridgehead atoms. The maximum atomic E-state index is 12.6. The van der Waals surface area contributed by atoms with Crippen LogP contribution >= 0.6 is 0 Å². The highest BCUT2D eigenvalue weighted by Crippen LogP contribution is 2.47. The predicted octanol–water partition coefficient (Wildman–Crippen LogP) is 4.38. The van der Waals surface area contributed by atoms with Crippen molar-refractivity contribution in [1.82, 2.24) is 24.8 Å². The van der Waals surface area contributed by atoms with Gasteiger partial charge in [-0.25, -0.2) is 14.8 Å². The molecule has 0 radical (unpaired) electrons. The normalized spacial score (nSPS) is 25.9. The quantitative estimate of drug-likeness (QED) is 0.363. The zero-order valence-electron chi connectivity index (χ0n) is 28.1. The molecule has 1 N–H and O–H groups in total. The van der Waals surface area contributed by atoms with E-state index in [4.69, 9.17) is 28.7 Å². The molecular formula is C34H48N6O6. The second-order valence-electron chi connectivity index (χ2n) is 14.1. The van der Waals surface area contributed by atoms with E-state index >= 15 is 0 Å². The molecule has 3 aromatic rings. The Balaban J connectivity index is 1.13. The SMILES string of the molecule is COc1ccc(CN(C)c2ncnc3c2ccn3[C@@H]2CC(CNCC3CN(C(=O)OC(C)(C)C)CCO3)[C@H]3OC(C)(C)O[C@H]32)cc1. The van der Waals surface area contributed by atoms with Gasteiger partial charge in [-0.2, -0.15) is 0 Å². The number of nitrogens with one attached hydrogen (secondary N) is 1. The number of benzene rings is 1. The highest BCUT2D eigenvalue weighted by molar-refractivity contribution is 5.88. The van der Waals surface area contributed by atoms with E-state index in [0.717, 1.165) is 35.6 Å². The third-order valence-electron chi connectivity index (χ3n) is 8.91. The lowest BCUT2D eigenvalue weighted by molar-refractivity contribution is -0.160. The number of morpholine rings is 1. The average molecular weight is 637 g/mol. The smallest absolute Gasteiger partial charge is 0.410 e. The van der Waals surface area contributed by atoms with Crippen molar-refractivity contribution in [2.24, 2.45) is 5.92 Å². The summed E-state index contributed by atoms with van der Waals surface area (Å²) in [6.45, 7) is 13.2. The molecule has 3 fully saturated rings. The summed E-state index contributed by atoms with van der Waals surface area (Å²) in [4.78, 5) is 25.9. The van der Waals surface area contributed by atoms with E-state index in [9.17, 15) is 4.79 Å². The molecule has 6 rings (SSSR count). The summed E-state index contributed by atoms with van der Waals surface area (Å²) in [5.41, 5.74) is 1.52. The van der Waals surface area contributed by atoms with Crippen molar-refractivity contribution in [3.63, 3.8) is 0 Å². The highest BCUT2D eigenvalue weighted by atomic mass is 16.8. The van der Waals surface area contributed by atoms with Crippen molar-refractivity contribution in [3.8, 4) is 5.75 Å². The third kappa shape index (κ3) is 7.10. The van der Waals surface area contributed by atoms with Crippen molar-refractivity contribution in [2.75, 3.05) is 51.8 Å². The van der Waals surface area contributed by atoms with Crippen LogP contribution < -0.4 is 15.0 Å². The number of amides is 1. The second-order valence-corrected chi connectivity index (χ2v) is 14.1. The Labute approximate surface area is 271 Å². The summed E-state index contributed by atoms with van der Waals surface area (Å²) in [5, 5.41) is 4.61. The van der Waals surface area contributed by atoms with Gasteiger partial charge in [0.25, 0.3) is 0 Å². The van der Waals surface area contributed by atoms with E-state index < -0.39 is 11.4 Å². The van der Waals surface area contributed by atoms with E-state index in [1.165, 1.54) is 5.56 Å². The van der Waals surface area contributed by atoms with Crippen LogP contribution in [-0.4, -0.2) is 102 Å². The lowest BCUT2D eigenvalue weighted by Crippen LogP contribution is -2.50. The summed E-state index contributed by atoms with van der Waals surface area (Å²) in [6.07, 6.45) is 4.06. The van der Waals surface area contributed by atoms with Gasteiger partial charge in [0, 0.05) is 45.3 Å². The van der Waals surface area contributed by atoms with Gasteiger partial charge in [-0.05, 0) is 64.8 Å². The molecule has 4 heterocycles. The number of anilines is 1. The van der Waals surface area contributed by atoms with Gasteiger partial charge in [0.2, 0.25) is 0 Å². The summed E-state index contributed by atoms with van der Waals surface area (Å²) in [5.74, 6) is 1.27. The van der Waals surface area contributed by atoms with Gasteiger partial charge >= 0.3 is 6.09 Å². The van der Waals surface area contributed by atoms with E-state index in [-0.39, 0.29) is 36.4 Å². The molecule has 1 saturated carbocycles. The first-order valence-electron chi connectivity index (χ1n) is 16.2. The van der Waals surface area contributed by atoms with Crippen molar-refractivity contribution in [3.05, 3.63) is 48.4 Å². The van der Waals surface area contributed by atoms with Crippen LogP contribution in [0.25, 0.3) is 11.0 Å². The number of aromatic nitrogens is 3. The van der Waals surface area contributed by atoms with Gasteiger partial charge in [-0.1, -0.05) is 12.1 Å². The van der Waals surface area contributed by atoms with Crippen LogP contribution in [0.4, 0.5) is 10.6 Å². The summed E-state index contributed by atoms with van der Waals surface area (Å²) in [7, 11) is 3.73. The molecule has 46 heavy (non-hydrogen) atoms. The minimum atomic E-state index is -0.672. The minimum absolute atomic E-state index is 0.0549. The van der Waals surface area contributed by atoms with E-state index in [1.54, 1.807) is 18.3 Å². The molecule has 2 saturated heterocycles. The Hall–Kier alpha value is -3.45. The van der Waals surface area contributed by atoms with Gasteiger partial charge in [0.15, 0.2) is 5.79 Å². The van der Waals surface area contributed by atoms with E-state index in [0.29, 0.717) is 32.8 Å². The van der Waals surface area contributed by atoms with Crippen molar-refractivity contribution in [2.45, 2.75) is 83.3 Å². The highest BCUT2D eigenvalue weighted by Gasteiger charge is 2.54. The molecule has 12 heteroatoms. The lowest BCUT2D eigenvalue weighted by Gasteiger charge is -2.34. The van der Waals surface area contributed by atoms with Gasteiger partial charge in [0.05, 0.1) is 43.9 Å². The molecule has 1 aromatic carbocycles. The molecular weight excluding hydrogens is 588 g/mol. The largest absolute Gasteiger partial charge is 0.497 e. The molecule has 2 aliphatic heterocycles. The lowest BCUT2D eigenvalue weighted by atomic mass is 10.1. The van der Waals surface area contributed by atoms with Gasteiger partial charge in [0.1, 0.15) is 35.2 Å². The van der Waals surface area contributed by atoms with Crippen molar-refractivity contribution >= 4 is 22.9 Å². The van der Waals surface area contributed by atoms with Crippen LogP contribution in [0.3, 0.4) is 0 Å². The number of carbonyl (C=O) groups excluding carboxylic acids is 1. The number of nitrogens with zero attached hydrogens (tertiary/aromatic N) is 5. The number of rotatable bonds is 9. The topological polar surface area (TPSA) is 112 Å². The Morgan fingerprint density at radius 1 is 1.11 bits per heavy atom. The molecule has 250 valence electrons. The minimum Gasteiger partial charge on any atom is -0.497 e. The summed E-state index contributed by atoms with van der Waals surface area (Å²) >= 11 is 0. The maximum absolute atomic E-state index is 12.6. The van der Waals surface area contributed by atoms with Crippen molar-refractivity contribution in [1.29, 1.82) is 0 Å². The molecule has 5 atom stereocenters. The fourth-order valence-electron chi connectivity index (χ4n) is 6.90. The Morgan fingerprint density at radius 3 is 2.61 bits per heavy atom. The molecule has 3 aliphatic rings. The third-order valence-corrected chi connectivity index (χ3v) is 8.91. The number of ether oxygens (including phenoxy) is 5. The molecule has 1 amide bonds. The standard InChI is InChI=1S/C34H48N6O6/c1-33(2,3)46-32(41)39-14-15-43-25(20-39)18-35-17-23-16-27(29-28(23)44-34(4,5)45-29)40-13-12-26-30(36-21-37-31(26)40)38(6)19-22-8-10-24(42-7)11-9-22/h8-13,21,23,25,27-29,35H,14-20H2,1-7H3/t23?,25?,27-,28-,29+/m1/s1. The van der Waals surface area contributed by atoms with E-state index in [2.05, 4.69) is 51.2 Å². The first-order valence-corrected chi connectivity index (χ1v) is 16.2. The molecule has 12 nitrogen and oxygen atoms in total.